The highest BCUT2D eigenvalue weighted by atomic mass is 14.5. The Labute approximate surface area is 121 Å². The van der Waals surface area contributed by atoms with Crippen LogP contribution in [0.3, 0.4) is 0 Å². The van der Waals surface area contributed by atoms with Gasteiger partial charge in [-0.05, 0) is 48.9 Å². The normalized spacial score (nSPS) is 37.1. The van der Waals surface area contributed by atoms with Gasteiger partial charge in [0.15, 0.2) is 0 Å². The fourth-order valence-corrected chi connectivity index (χ4v) is 4.87. The maximum atomic E-state index is 2.65. The smallest absolute Gasteiger partial charge is 0.0272 e. The quantitative estimate of drug-likeness (QED) is 0.485. The Morgan fingerprint density at radius 1 is 0.684 bits per heavy atom. The van der Waals surface area contributed by atoms with Crippen molar-refractivity contribution in [1.29, 1.82) is 0 Å². The second kappa shape index (κ2) is 6.64. The summed E-state index contributed by atoms with van der Waals surface area (Å²) in [6, 6.07) is 0. The van der Waals surface area contributed by atoms with Crippen molar-refractivity contribution in [3.63, 3.8) is 0 Å². The molecule has 112 valence electrons. The molecule has 0 saturated heterocycles. The van der Waals surface area contributed by atoms with E-state index >= 15 is 0 Å². The third-order valence-corrected chi connectivity index (χ3v) is 6.94. The van der Waals surface area contributed by atoms with Crippen LogP contribution in [0.4, 0.5) is 0 Å². The van der Waals surface area contributed by atoms with Gasteiger partial charge in [0.1, 0.15) is 0 Å². The van der Waals surface area contributed by atoms with Crippen molar-refractivity contribution in [2.75, 3.05) is 0 Å². The summed E-state index contributed by atoms with van der Waals surface area (Å²) in [4.78, 5) is 0. The highest BCUT2D eigenvalue weighted by Gasteiger charge is 2.44. The molecule has 2 aliphatic rings. The second-order valence-corrected chi connectivity index (χ2v) is 8.09. The molecule has 2 aliphatic carbocycles. The Morgan fingerprint density at radius 3 is 1.84 bits per heavy atom. The van der Waals surface area contributed by atoms with Gasteiger partial charge in [-0.2, -0.15) is 0 Å². The maximum absolute atomic E-state index is 2.65. The molecule has 2 fully saturated rings. The Balaban J connectivity index is 2.06. The van der Waals surface area contributed by atoms with Crippen molar-refractivity contribution in [3.05, 3.63) is 0 Å². The topological polar surface area (TPSA) is 0 Å². The molecule has 0 nitrogen and oxygen atoms in total. The predicted molar refractivity (Wildman–Crippen MR) is 85.4 cm³/mol. The highest BCUT2D eigenvalue weighted by molar-refractivity contribution is 4.94. The Morgan fingerprint density at radius 2 is 1.21 bits per heavy atom. The van der Waals surface area contributed by atoms with Crippen molar-refractivity contribution in [3.8, 4) is 0 Å². The first-order valence-corrected chi connectivity index (χ1v) is 9.10. The van der Waals surface area contributed by atoms with Crippen LogP contribution in [0.15, 0.2) is 0 Å². The minimum Gasteiger partial charge on any atom is -0.0651 e. The van der Waals surface area contributed by atoms with Crippen LogP contribution >= 0.6 is 0 Å². The molecule has 2 unspecified atom stereocenters. The molecule has 19 heavy (non-hydrogen) atoms. The first kappa shape index (κ1) is 15.4. The summed E-state index contributed by atoms with van der Waals surface area (Å²) in [6.45, 7) is 7.68. The summed E-state index contributed by atoms with van der Waals surface area (Å²) < 4.78 is 0. The molecule has 2 rings (SSSR count). The van der Waals surface area contributed by atoms with Crippen LogP contribution < -0.4 is 0 Å². The van der Waals surface area contributed by atoms with Gasteiger partial charge in [0.25, 0.3) is 0 Å². The fraction of sp³-hybridized carbons (Fsp3) is 1.00. The molecular formula is C19H36. The van der Waals surface area contributed by atoms with Crippen molar-refractivity contribution in [2.24, 2.45) is 16.7 Å². The lowest BCUT2D eigenvalue weighted by Gasteiger charge is -2.48. The molecule has 0 bridgehead atoms. The van der Waals surface area contributed by atoms with Gasteiger partial charge in [-0.25, -0.2) is 0 Å². The molecule has 0 aromatic heterocycles. The van der Waals surface area contributed by atoms with E-state index in [1.807, 2.05) is 0 Å². The predicted octanol–water partition coefficient (Wildman–Crippen LogP) is 6.73. The third-order valence-electron chi connectivity index (χ3n) is 6.94. The van der Waals surface area contributed by atoms with Gasteiger partial charge in [-0.1, -0.05) is 72.1 Å². The monoisotopic (exact) mass is 264 g/mol. The Hall–Kier alpha value is 0. The van der Waals surface area contributed by atoms with Crippen LogP contribution in [0, 0.1) is 16.7 Å². The first-order valence-electron chi connectivity index (χ1n) is 9.10. The molecule has 0 aliphatic heterocycles. The van der Waals surface area contributed by atoms with Gasteiger partial charge in [-0.3, -0.25) is 0 Å². The zero-order valence-electron chi connectivity index (χ0n) is 13.8. The SMILES string of the molecule is CCC1CCCC(C)(C2(C)CCCCCCC2)CC1. The average Bonchev–Trinajstić information content (AvgIpc) is 2.57. The molecular weight excluding hydrogens is 228 g/mol. The van der Waals surface area contributed by atoms with Crippen molar-refractivity contribution in [2.45, 2.75) is 104 Å². The van der Waals surface area contributed by atoms with Crippen molar-refractivity contribution >= 4 is 0 Å². The lowest BCUT2D eigenvalue weighted by atomic mass is 9.57. The number of hydrogen-bond donors (Lipinski definition) is 0. The van der Waals surface area contributed by atoms with Gasteiger partial charge >= 0.3 is 0 Å². The van der Waals surface area contributed by atoms with Crippen LogP contribution in [0.2, 0.25) is 0 Å². The van der Waals surface area contributed by atoms with Crippen LogP contribution in [0.5, 0.6) is 0 Å². The molecule has 2 atom stereocenters. The summed E-state index contributed by atoms with van der Waals surface area (Å²) in [5.74, 6) is 1.03. The summed E-state index contributed by atoms with van der Waals surface area (Å²) in [7, 11) is 0. The van der Waals surface area contributed by atoms with Gasteiger partial charge in [-0.15, -0.1) is 0 Å². The van der Waals surface area contributed by atoms with Crippen molar-refractivity contribution in [1.82, 2.24) is 0 Å². The Kier molecular flexibility index (Phi) is 5.37. The van der Waals surface area contributed by atoms with E-state index in [-0.39, 0.29) is 0 Å². The van der Waals surface area contributed by atoms with E-state index in [0.29, 0.717) is 10.8 Å². The molecule has 0 heterocycles. The number of rotatable bonds is 2. The lowest BCUT2D eigenvalue weighted by Crippen LogP contribution is -2.38. The maximum Gasteiger partial charge on any atom is -0.0272 e. The van der Waals surface area contributed by atoms with Crippen LogP contribution in [-0.2, 0) is 0 Å². The van der Waals surface area contributed by atoms with E-state index in [1.54, 1.807) is 0 Å². The van der Waals surface area contributed by atoms with Crippen LogP contribution in [-0.4, -0.2) is 0 Å². The fourth-order valence-electron chi connectivity index (χ4n) is 4.87. The van der Waals surface area contributed by atoms with E-state index in [4.69, 9.17) is 0 Å². The minimum atomic E-state index is 0.633. The molecule has 2 saturated carbocycles. The van der Waals surface area contributed by atoms with Gasteiger partial charge in [0.2, 0.25) is 0 Å². The second-order valence-electron chi connectivity index (χ2n) is 8.09. The molecule has 0 aromatic rings. The third kappa shape index (κ3) is 3.56. The van der Waals surface area contributed by atoms with Crippen LogP contribution in [0.1, 0.15) is 104 Å². The van der Waals surface area contributed by atoms with Gasteiger partial charge < -0.3 is 0 Å². The number of hydrogen-bond acceptors (Lipinski definition) is 0. The molecule has 0 amide bonds. The Bertz CT molecular complexity index is 259. The molecule has 0 N–H and O–H groups in total. The van der Waals surface area contributed by atoms with E-state index in [2.05, 4.69) is 20.8 Å². The molecule has 0 aromatic carbocycles. The zero-order chi connectivity index (χ0) is 13.8. The van der Waals surface area contributed by atoms with E-state index in [9.17, 15) is 0 Å². The molecule has 0 spiro atoms. The summed E-state index contributed by atoms with van der Waals surface area (Å²) in [6.07, 6.45) is 19.4. The zero-order valence-corrected chi connectivity index (χ0v) is 13.8. The standard InChI is InChI=1S/C19H36/c1-4-17-11-10-15-19(3,16-12-17)18(2)13-8-6-5-7-9-14-18/h17H,4-16H2,1-3H3. The lowest BCUT2D eigenvalue weighted by molar-refractivity contribution is 0.0231. The van der Waals surface area contributed by atoms with E-state index in [0.717, 1.165) is 5.92 Å². The molecule has 0 heteroatoms. The first-order chi connectivity index (χ1) is 9.10. The summed E-state index contributed by atoms with van der Waals surface area (Å²) in [5.41, 5.74) is 1.27. The molecule has 0 radical (unpaired) electrons. The minimum absolute atomic E-state index is 0.633. The van der Waals surface area contributed by atoms with Gasteiger partial charge in [0, 0.05) is 0 Å². The van der Waals surface area contributed by atoms with Crippen molar-refractivity contribution < 1.29 is 0 Å². The summed E-state index contributed by atoms with van der Waals surface area (Å²) >= 11 is 0. The van der Waals surface area contributed by atoms with E-state index < -0.39 is 0 Å². The highest BCUT2D eigenvalue weighted by Crippen LogP contribution is 2.55. The average molecular weight is 264 g/mol. The van der Waals surface area contributed by atoms with Crippen LogP contribution in [0.25, 0.3) is 0 Å². The van der Waals surface area contributed by atoms with E-state index in [1.165, 1.54) is 83.5 Å². The largest absolute Gasteiger partial charge is 0.0651 e. The van der Waals surface area contributed by atoms with Gasteiger partial charge in [0.05, 0.1) is 0 Å². The summed E-state index contributed by atoms with van der Waals surface area (Å²) in [5, 5.41) is 0.